The highest BCUT2D eigenvalue weighted by molar-refractivity contribution is 5.90. The molecule has 29 heavy (non-hydrogen) atoms. The van der Waals surface area contributed by atoms with Crippen molar-refractivity contribution in [2.24, 2.45) is 0 Å². The zero-order chi connectivity index (χ0) is 21.1. The second kappa shape index (κ2) is 11.0. The minimum atomic E-state index is -2.38. The maximum Gasteiger partial charge on any atom is 0.339 e. The van der Waals surface area contributed by atoms with Crippen LogP contribution in [0.5, 0.6) is 0 Å². The Labute approximate surface area is 169 Å². The molecule has 0 aliphatic carbocycles. The van der Waals surface area contributed by atoms with E-state index in [1.54, 1.807) is 55.5 Å². The fraction of sp³-hybridized carbons (Fsp3) is 0.318. The SMILES string of the molecule is CCOC(=O)CC(O)(CC(=O)OCc1ccccc1)C(=O)OCc1ccccc1. The molecule has 7 nitrogen and oxygen atoms in total. The number of esters is 3. The first-order valence-corrected chi connectivity index (χ1v) is 9.21. The Morgan fingerprint density at radius 2 is 1.21 bits per heavy atom. The average molecular weight is 400 g/mol. The molecular formula is C22H24O7. The molecule has 0 saturated carbocycles. The number of ether oxygens (including phenoxy) is 3. The Kier molecular flexibility index (Phi) is 8.36. The molecule has 1 atom stereocenters. The smallest absolute Gasteiger partial charge is 0.339 e. The van der Waals surface area contributed by atoms with Crippen molar-refractivity contribution >= 4 is 17.9 Å². The maximum atomic E-state index is 12.5. The van der Waals surface area contributed by atoms with Gasteiger partial charge in [0.15, 0.2) is 5.60 Å². The summed E-state index contributed by atoms with van der Waals surface area (Å²) in [7, 11) is 0. The van der Waals surface area contributed by atoms with Crippen LogP contribution in [0.25, 0.3) is 0 Å². The molecule has 0 radical (unpaired) electrons. The van der Waals surface area contributed by atoms with E-state index in [0.717, 1.165) is 5.56 Å². The minimum Gasteiger partial charge on any atom is -0.466 e. The van der Waals surface area contributed by atoms with Crippen molar-refractivity contribution < 1.29 is 33.7 Å². The van der Waals surface area contributed by atoms with Gasteiger partial charge >= 0.3 is 17.9 Å². The van der Waals surface area contributed by atoms with Crippen molar-refractivity contribution in [3.63, 3.8) is 0 Å². The Morgan fingerprint density at radius 3 is 1.69 bits per heavy atom. The normalized spacial score (nSPS) is 12.5. The van der Waals surface area contributed by atoms with Gasteiger partial charge in [-0.1, -0.05) is 60.7 Å². The largest absolute Gasteiger partial charge is 0.466 e. The lowest BCUT2D eigenvalue weighted by atomic mass is 9.95. The van der Waals surface area contributed by atoms with Crippen LogP contribution >= 0.6 is 0 Å². The van der Waals surface area contributed by atoms with E-state index in [4.69, 9.17) is 14.2 Å². The molecular weight excluding hydrogens is 376 g/mol. The summed E-state index contributed by atoms with van der Waals surface area (Å²) in [6.45, 7) is 1.54. The van der Waals surface area contributed by atoms with Crippen LogP contribution in [-0.2, 0) is 41.8 Å². The molecule has 2 aromatic rings. The quantitative estimate of drug-likeness (QED) is 0.483. The van der Waals surface area contributed by atoms with Crippen LogP contribution in [0, 0.1) is 0 Å². The third-order valence-electron chi connectivity index (χ3n) is 4.01. The molecule has 7 heteroatoms. The molecule has 0 heterocycles. The van der Waals surface area contributed by atoms with Gasteiger partial charge in [0.2, 0.25) is 0 Å². The van der Waals surface area contributed by atoms with E-state index in [1.165, 1.54) is 0 Å². The number of carbonyl (C=O) groups is 3. The van der Waals surface area contributed by atoms with Gasteiger partial charge in [0, 0.05) is 0 Å². The molecule has 2 rings (SSSR count). The second-order valence-corrected chi connectivity index (χ2v) is 6.40. The lowest BCUT2D eigenvalue weighted by molar-refractivity contribution is -0.179. The van der Waals surface area contributed by atoms with Crippen LogP contribution in [0.4, 0.5) is 0 Å². The topological polar surface area (TPSA) is 99.1 Å². The van der Waals surface area contributed by atoms with Crippen LogP contribution in [0.15, 0.2) is 60.7 Å². The Balaban J connectivity index is 2.01. The van der Waals surface area contributed by atoms with Gasteiger partial charge in [-0.25, -0.2) is 4.79 Å². The fourth-order valence-electron chi connectivity index (χ4n) is 2.54. The Morgan fingerprint density at radius 1 is 0.759 bits per heavy atom. The van der Waals surface area contributed by atoms with E-state index in [1.807, 2.05) is 12.1 Å². The Bertz CT molecular complexity index is 804. The zero-order valence-electron chi connectivity index (χ0n) is 16.2. The van der Waals surface area contributed by atoms with Crippen LogP contribution in [0.3, 0.4) is 0 Å². The maximum absolute atomic E-state index is 12.5. The molecule has 0 aromatic heterocycles. The summed E-state index contributed by atoms with van der Waals surface area (Å²) in [6, 6.07) is 17.8. The number of rotatable bonds is 10. The number of benzene rings is 2. The molecule has 1 N–H and O–H groups in total. The second-order valence-electron chi connectivity index (χ2n) is 6.40. The van der Waals surface area contributed by atoms with Gasteiger partial charge < -0.3 is 19.3 Å². The summed E-state index contributed by atoms with van der Waals surface area (Å²) >= 11 is 0. The molecule has 154 valence electrons. The first-order valence-electron chi connectivity index (χ1n) is 9.21. The standard InChI is InChI=1S/C22H24O7/c1-2-27-19(23)13-22(26,21(25)29-16-18-11-7-4-8-12-18)14-20(24)28-15-17-9-5-3-6-10-17/h3-12,26H,2,13-16H2,1H3. The lowest BCUT2D eigenvalue weighted by Gasteiger charge is -2.24. The minimum absolute atomic E-state index is 0.0196. The summed E-state index contributed by atoms with van der Waals surface area (Å²) in [4.78, 5) is 36.6. The van der Waals surface area contributed by atoms with Crippen molar-refractivity contribution in [1.82, 2.24) is 0 Å². The molecule has 0 bridgehead atoms. The number of hydrogen-bond acceptors (Lipinski definition) is 7. The molecule has 0 spiro atoms. The number of carbonyl (C=O) groups excluding carboxylic acids is 3. The van der Waals surface area contributed by atoms with Gasteiger partial charge in [-0.05, 0) is 18.1 Å². The van der Waals surface area contributed by atoms with Gasteiger partial charge in [-0.3, -0.25) is 9.59 Å². The van der Waals surface area contributed by atoms with E-state index in [-0.39, 0.29) is 19.8 Å². The first kappa shape index (κ1) is 22.1. The van der Waals surface area contributed by atoms with Crippen LogP contribution in [-0.4, -0.2) is 35.2 Å². The van der Waals surface area contributed by atoms with Gasteiger partial charge in [-0.2, -0.15) is 0 Å². The van der Waals surface area contributed by atoms with Crippen molar-refractivity contribution in [3.8, 4) is 0 Å². The van der Waals surface area contributed by atoms with Crippen LogP contribution in [0.1, 0.15) is 30.9 Å². The molecule has 0 saturated heterocycles. The summed E-state index contributed by atoms with van der Waals surface area (Å²) in [5, 5.41) is 10.7. The van der Waals surface area contributed by atoms with E-state index in [9.17, 15) is 19.5 Å². The number of aliphatic hydroxyl groups is 1. The monoisotopic (exact) mass is 400 g/mol. The highest BCUT2D eigenvalue weighted by Gasteiger charge is 2.43. The van der Waals surface area contributed by atoms with Crippen molar-refractivity contribution in [2.45, 2.75) is 38.6 Å². The number of hydrogen-bond donors (Lipinski definition) is 1. The van der Waals surface area contributed by atoms with Crippen LogP contribution < -0.4 is 0 Å². The molecule has 2 aromatic carbocycles. The summed E-state index contributed by atoms with van der Waals surface area (Å²) in [5.41, 5.74) is -0.929. The average Bonchev–Trinajstić information content (AvgIpc) is 2.72. The zero-order valence-corrected chi connectivity index (χ0v) is 16.2. The predicted octanol–water partition coefficient (Wildman–Crippen LogP) is 2.55. The third-order valence-corrected chi connectivity index (χ3v) is 4.01. The van der Waals surface area contributed by atoms with Gasteiger partial charge in [0.05, 0.1) is 19.4 Å². The van der Waals surface area contributed by atoms with Gasteiger partial charge in [-0.15, -0.1) is 0 Å². The summed E-state index contributed by atoms with van der Waals surface area (Å²) in [5.74, 6) is -2.74. The third kappa shape index (κ3) is 7.38. The van der Waals surface area contributed by atoms with Gasteiger partial charge in [0.1, 0.15) is 13.2 Å². The molecule has 0 aliphatic rings. The molecule has 0 fully saturated rings. The van der Waals surface area contributed by atoms with Crippen molar-refractivity contribution in [1.29, 1.82) is 0 Å². The fourth-order valence-corrected chi connectivity index (χ4v) is 2.54. The first-order chi connectivity index (χ1) is 13.9. The lowest BCUT2D eigenvalue weighted by Crippen LogP contribution is -2.44. The highest BCUT2D eigenvalue weighted by Crippen LogP contribution is 2.21. The predicted molar refractivity (Wildman–Crippen MR) is 103 cm³/mol. The molecule has 0 aliphatic heterocycles. The highest BCUT2D eigenvalue weighted by atomic mass is 16.6. The van der Waals surface area contributed by atoms with E-state index in [2.05, 4.69) is 0 Å². The van der Waals surface area contributed by atoms with Crippen molar-refractivity contribution in [3.05, 3.63) is 71.8 Å². The Hall–Kier alpha value is -3.19. The van der Waals surface area contributed by atoms with E-state index >= 15 is 0 Å². The van der Waals surface area contributed by atoms with E-state index < -0.39 is 36.4 Å². The molecule has 0 amide bonds. The van der Waals surface area contributed by atoms with E-state index in [0.29, 0.717) is 5.56 Å². The summed E-state index contributed by atoms with van der Waals surface area (Å²) < 4.78 is 15.1. The molecule has 1 unspecified atom stereocenters. The van der Waals surface area contributed by atoms with Gasteiger partial charge in [0.25, 0.3) is 0 Å². The summed E-state index contributed by atoms with van der Waals surface area (Å²) in [6.07, 6.45) is -1.44. The van der Waals surface area contributed by atoms with Crippen LogP contribution in [0.2, 0.25) is 0 Å². The van der Waals surface area contributed by atoms with Crippen molar-refractivity contribution in [2.75, 3.05) is 6.61 Å².